The SMILES string of the molecule is CCC(c1ccccc1)C(Cc1ccc(C)c(C)c1)NN. The van der Waals surface area contributed by atoms with Crippen LogP contribution in [0, 0.1) is 13.8 Å². The fourth-order valence-electron chi connectivity index (χ4n) is 2.95. The van der Waals surface area contributed by atoms with Crippen LogP contribution in [0.3, 0.4) is 0 Å². The molecule has 0 saturated heterocycles. The third-order valence-electron chi connectivity index (χ3n) is 4.39. The van der Waals surface area contributed by atoms with E-state index in [-0.39, 0.29) is 6.04 Å². The molecule has 0 saturated carbocycles. The summed E-state index contributed by atoms with van der Waals surface area (Å²) in [6.07, 6.45) is 2.02. The molecule has 2 rings (SSSR count). The van der Waals surface area contributed by atoms with E-state index in [0.29, 0.717) is 5.92 Å². The molecule has 0 radical (unpaired) electrons. The summed E-state index contributed by atoms with van der Waals surface area (Å²) in [4.78, 5) is 0. The monoisotopic (exact) mass is 282 g/mol. The summed E-state index contributed by atoms with van der Waals surface area (Å²) in [7, 11) is 0. The van der Waals surface area contributed by atoms with Gasteiger partial charge in [0.05, 0.1) is 0 Å². The van der Waals surface area contributed by atoms with Gasteiger partial charge in [0, 0.05) is 12.0 Å². The van der Waals surface area contributed by atoms with E-state index in [1.807, 2.05) is 0 Å². The summed E-state index contributed by atoms with van der Waals surface area (Å²) >= 11 is 0. The van der Waals surface area contributed by atoms with Crippen molar-refractivity contribution in [2.45, 2.75) is 45.6 Å². The second-order valence-electron chi connectivity index (χ2n) is 5.82. The highest BCUT2D eigenvalue weighted by Crippen LogP contribution is 2.25. The van der Waals surface area contributed by atoms with Crippen LogP contribution in [0.2, 0.25) is 0 Å². The van der Waals surface area contributed by atoms with Crippen molar-refractivity contribution in [3.8, 4) is 0 Å². The molecule has 0 spiro atoms. The molecule has 21 heavy (non-hydrogen) atoms. The Morgan fingerprint density at radius 2 is 1.71 bits per heavy atom. The highest BCUT2D eigenvalue weighted by molar-refractivity contribution is 5.31. The van der Waals surface area contributed by atoms with Crippen LogP contribution in [0.1, 0.15) is 41.5 Å². The quantitative estimate of drug-likeness (QED) is 0.623. The van der Waals surface area contributed by atoms with Crippen molar-refractivity contribution < 1.29 is 0 Å². The molecule has 2 atom stereocenters. The number of nitrogens with two attached hydrogens (primary N) is 1. The summed E-state index contributed by atoms with van der Waals surface area (Å²) < 4.78 is 0. The molecule has 2 aromatic carbocycles. The van der Waals surface area contributed by atoms with Gasteiger partial charge < -0.3 is 0 Å². The molecule has 0 aromatic heterocycles. The topological polar surface area (TPSA) is 38.0 Å². The zero-order chi connectivity index (χ0) is 15.2. The Labute approximate surface area is 128 Å². The molecular formula is C19H26N2. The van der Waals surface area contributed by atoms with Crippen LogP contribution in [0.5, 0.6) is 0 Å². The van der Waals surface area contributed by atoms with Crippen LogP contribution in [0.15, 0.2) is 48.5 Å². The fourth-order valence-corrected chi connectivity index (χ4v) is 2.95. The first kappa shape index (κ1) is 15.7. The molecule has 0 aliphatic heterocycles. The van der Waals surface area contributed by atoms with Gasteiger partial charge in [-0.2, -0.15) is 0 Å². The summed E-state index contributed by atoms with van der Waals surface area (Å²) in [5.74, 6) is 6.28. The minimum absolute atomic E-state index is 0.250. The van der Waals surface area contributed by atoms with Gasteiger partial charge in [0.25, 0.3) is 0 Å². The lowest BCUT2D eigenvalue weighted by atomic mass is 9.85. The molecule has 2 heteroatoms. The van der Waals surface area contributed by atoms with Crippen LogP contribution >= 0.6 is 0 Å². The van der Waals surface area contributed by atoms with Crippen molar-refractivity contribution in [3.63, 3.8) is 0 Å². The Morgan fingerprint density at radius 1 is 1.00 bits per heavy atom. The summed E-state index contributed by atoms with van der Waals surface area (Å²) in [6.45, 7) is 6.54. The highest BCUT2D eigenvalue weighted by Gasteiger charge is 2.20. The largest absolute Gasteiger partial charge is 0.271 e. The highest BCUT2D eigenvalue weighted by atomic mass is 15.2. The summed E-state index contributed by atoms with van der Waals surface area (Å²) in [5, 5.41) is 0. The molecule has 2 nitrogen and oxygen atoms in total. The van der Waals surface area contributed by atoms with E-state index in [9.17, 15) is 0 Å². The van der Waals surface area contributed by atoms with E-state index in [1.54, 1.807) is 0 Å². The van der Waals surface area contributed by atoms with E-state index in [0.717, 1.165) is 12.8 Å². The number of hydrogen-bond donors (Lipinski definition) is 2. The van der Waals surface area contributed by atoms with Crippen molar-refractivity contribution in [2.75, 3.05) is 0 Å². The Morgan fingerprint density at radius 3 is 2.29 bits per heavy atom. The predicted molar refractivity (Wildman–Crippen MR) is 90.2 cm³/mol. The van der Waals surface area contributed by atoms with Gasteiger partial charge in [-0.05, 0) is 48.9 Å². The molecule has 0 aliphatic rings. The lowest BCUT2D eigenvalue weighted by Crippen LogP contribution is -2.41. The predicted octanol–water partition coefficient (Wildman–Crippen LogP) is 3.87. The Hall–Kier alpha value is -1.64. The number of benzene rings is 2. The van der Waals surface area contributed by atoms with Gasteiger partial charge in [0.15, 0.2) is 0 Å². The first-order chi connectivity index (χ1) is 10.2. The van der Waals surface area contributed by atoms with Crippen molar-refractivity contribution in [3.05, 3.63) is 70.8 Å². The zero-order valence-corrected chi connectivity index (χ0v) is 13.3. The molecule has 0 aliphatic carbocycles. The summed E-state index contributed by atoms with van der Waals surface area (Å²) in [5.41, 5.74) is 8.41. The maximum absolute atomic E-state index is 5.85. The molecular weight excluding hydrogens is 256 g/mol. The van der Waals surface area contributed by atoms with Gasteiger partial charge in [0.1, 0.15) is 0 Å². The molecule has 0 bridgehead atoms. The third-order valence-corrected chi connectivity index (χ3v) is 4.39. The minimum Gasteiger partial charge on any atom is -0.271 e. The van der Waals surface area contributed by atoms with Crippen molar-refractivity contribution >= 4 is 0 Å². The van der Waals surface area contributed by atoms with Gasteiger partial charge >= 0.3 is 0 Å². The van der Waals surface area contributed by atoms with Crippen molar-refractivity contribution in [1.82, 2.24) is 5.43 Å². The molecule has 2 unspecified atom stereocenters. The van der Waals surface area contributed by atoms with Gasteiger partial charge in [-0.1, -0.05) is 55.5 Å². The lowest BCUT2D eigenvalue weighted by molar-refractivity contribution is 0.427. The fraction of sp³-hybridized carbons (Fsp3) is 0.368. The Balaban J connectivity index is 2.19. The lowest BCUT2D eigenvalue weighted by Gasteiger charge is -2.26. The van der Waals surface area contributed by atoms with Crippen LogP contribution in [0.25, 0.3) is 0 Å². The average molecular weight is 282 g/mol. The second-order valence-corrected chi connectivity index (χ2v) is 5.82. The van der Waals surface area contributed by atoms with Gasteiger partial charge in [-0.15, -0.1) is 0 Å². The number of nitrogens with one attached hydrogen (secondary N) is 1. The van der Waals surface area contributed by atoms with Gasteiger partial charge in [0.2, 0.25) is 0 Å². The smallest absolute Gasteiger partial charge is 0.0319 e. The molecule has 112 valence electrons. The van der Waals surface area contributed by atoms with E-state index >= 15 is 0 Å². The number of hydrogen-bond acceptors (Lipinski definition) is 2. The number of rotatable bonds is 6. The van der Waals surface area contributed by atoms with E-state index in [1.165, 1.54) is 22.3 Å². The van der Waals surface area contributed by atoms with Crippen LogP contribution in [-0.2, 0) is 6.42 Å². The average Bonchev–Trinajstić information content (AvgIpc) is 2.51. The minimum atomic E-state index is 0.250. The summed E-state index contributed by atoms with van der Waals surface area (Å²) in [6, 6.07) is 17.6. The van der Waals surface area contributed by atoms with Gasteiger partial charge in [-0.25, -0.2) is 0 Å². The third kappa shape index (κ3) is 3.93. The van der Waals surface area contributed by atoms with Gasteiger partial charge in [-0.3, -0.25) is 11.3 Å². The number of aryl methyl sites for hydroxylation is 2. The Bertz CT molecular complexity index is 563. The Kier molecular flexibility index (Phi) is 5.54. The first-order valence-electron chi connectivity index (χ1n) is 7.73. The zero-order valence-electron chi connectivity index (χ0n) is 13.3. The number of hydrazine groups is 1. The molecule has 0 amide bonds. The molecule has 0 heterocycles. The second kappa shape index (κ2) is 7.39. The normalized spacial score (nSPS) is 13.9. The maximum Gasteiger partial charge on any atom is 0.0319 e. The van der Waals surface area contributed by atoms with E-state index < -0.39 is 0 Å². The van der Waals surface area contributed by atoms with Crippen LogP contribution < -0.4 is 11.3 Å². The molecule has 3 N–H and O–H groups in total. The van der Waals surface area contributed by atoms with E-state index in [2.05, 4.69) is 74.7 Å². The standard InChI is InChI=1S/C19H26N2/c1-4-18(17-8-6-5-7-9-17)19(21-20)13-16-11-10-14(2)15(3)12-16/h5-12,18-19,21H,4,13,20H2,1-3H3. The van der Waals surface area contributed by atoms with Crippen LogP contribution in [0.4, 0.5) is 0 Å². The van der Waals surface area contributed by atoms with Crippen molar-refractivity contribution in [2.24, 2.45) is 5.84 Å². The first-order valence-corrected chi connectivity index (χ1v) is 7.73. The van der Waals surface area contributed by atoms with E-state index in [4.69, 9.17) is 5.84 Å². The van der Waals surface area contributed by atoms with Crippen molar-refractivity contribution in [1.29, 1.82) is 0 Å². The molecule has 2 aromatic rings. The maximum atomic E-state index is 5.85. The van der Waals surface area contributed by atoms with Crippen LogP contribution in [-0.4, -0.2) is 6.04 Å². The molecule has 0 fully saturated rings.